The Labute approximate surface area is 122 Å². The number of esters is 1. The van der Waals surface area contributed by atoms with Gasteiger partial charge in [-0.2, -0.15) is 0 Å². The third-order valence-corrected chi connectivity index (χ3v) is 3.75. The number of carbonyl (C=O) groups is 1. The number of aliphatic hydroxyl groups excluding tert-OH is 1. The molecule has 2 rings (SSSR count). The molecular weight excluding hydrogens is 276 g/mol. The number of nitrogens with zero attached hydrogens (tertiary/aromatic N) is 2. The summed E-state index contributed by atoms with van der Waals surface area (Å²) in [4.78, 5) is 24.0. The summed E-state index contributed by atoms with van der Waals surface area (Å²) in [5, 5.41) is 20.4. The molecule has 21 heavy (non-hydrogen) atoms. The smallest absolute Gasteiger partial charge is 0.337 e. The Kier molecular flexibility index (Phi) is 4.42. The Morgan fingerprint density at radius 3 is 2.71 bits per heavy atom. The highest BCUT2D eigenvalue weighted by Crippen LogP contribution is 2.33. The summed E-state index contributed by atoms with van der Waals surface area (Å²) in [6.07, 6.45) is 1.14. The van der Waals surface area contributed by atoms with E-state index in [1.54, 1.807) is 11.9 Å². The van der Waals surface area contributed by atoms with Gasteiger partial charge in [0.25, 0.3) is 5.69 Å². The SMILES string of the molecule is COC(=O)c1ccc([N+](=O)[O-])c(N(C)CC2CC(O)C2)c1. The molecule has 1 aromatic rings. The van der Waals surface area contributed by atoms with Gasteiger partial charge in [-0.05, 0) is 30.9 Å². The lowest BCUT2D eigenvalue weighted by Crippen LogP contribution is -2.37. The molecule has 114 valence electrons. The highest BCUT2D eigenvalue weighted by molar-refractivity contribution is 5.91. The minimum absolute atomic E-state index is 0.0509. The van der Waals surface area contributed by atoms with E-state index in [2.05, 4.69) is 4.74 Å². The number of rotatable bonds is 5. The van der Waals surface area contributed by atoms with Crippen LogP contribution < -0.4 is 4.90 Å². The highest BCUT2D eigenvalue weighted by Gasteiger charge is 2.29. The summed E-state index contributed by atoms with van der Waals surface area (Å²) in [5.74, 6) is -0.218. The molecule has 0 heterocycles. The predicted molar refractivity (Wildman–Crippen MR) is 76.4 cm³/mol. The number of methoxy groups -OCH3 is 1. The Morgan fingerprint density at radius 2 is 2.19 bits per heavy atom. The Balaban J connectivity index is 2.24. The molecule has 1 N–H and O–H groups in total. The van der Waals surface area contributed by atoms with E-state index in [4.69, 9.17) is 0 Å². The largest absolute Gasteiger partial charge is 0.465 e. The minimum Gasteiger partial charge on any atom is -0.465 e. The number of ether oxygens (including phenoxy) is 1. The van der Waals surface area contributed by atoms with Gasteiger partial charge in [-0.25, -0.2) is 4.79 Å². The highest BCUT2D eigenvalue weighted by atomic mass is 16.6. The maximum atomic E-state index is 11.6. The van der Waals surface area contributed by atoms with Gasteiger partial charge in [-0.3, -0.25) is 10.1 Å². The number of anilines is 1. The van der Waals surface area contributed by atoms with Gasteiger partial charge < -0.3 is 14.7 Å². The molecule has 0 aliphatic heterocycles. The molecule has 7 heteroatoms. The molecule has 0 spiro atoms. The van der Waals surface area contributed by atoms with Crippen molar-refractivity contribution in [1.82, 2.24) is 0 Å². The second kappa shape index (κ2) is 6.09. The fourth-order valence-electron chi connectivity index (χ4n) is 2.56. The van der Waals surface area contributed by atoms with E-state index in [1.165, 1.54) is 25.3 Å². The second-order valence-corrected chi connectivity index (χ2v) is 5.32. The van der Waals surface area contributed by atoms with Crippen LogP contribution in [0.5, 0.6) is 0 Å². The Morgan fingerprint density at radius 1 is 1.52 bits per heavy atom. The van der Waals surface area contributed by atoms with Crippen LogP contribution in [0.3, 0.4) is 0 Å². The van der Waals surface area contributed by atoms with Crippen molar-refractivity contribution in [2.45, 2.75) is 18.9 Å². The van der Waals surface area contributed by atoms with Gasteiger partial charge in [0.15, 0.2) is 0 Å². The first-order valence-corrected chi connectivity index (χ1v) is 6.68. The molecule has 1 aromatic carbocycles. The molecule has 0 aromatic heterocycles. The second-order valence-electron chi connectivity index (χ2n) is 5.32. The van der Waals surface area contributed by atoms with E-state index in [9.17, 15) is 20.0 Å². The van der Waals surface area contributed by atoms with Crippen molar-refractivity contribution < 1.29 is 19.6 Å². The normalized spacial score (nSPS) is 20.5. The lowest BCUT2D eigenvalue weighted by atomic mass is 9.82. The lowest BCUT2D eigenvalue weighted by molar-refractivity contribution is -0.384. The van der Waals surface area contributed by atoms with Gasteiger partial charge in [0, 0.05) is 19.7 Å². The van der Waals surface area contributed by atoms with Crippen molar-refractivity contribution in [3.8, 4) is 0 Å². The third-order valence-electron chi connectivity index (χ3n) is 3.75. The van der Waals surface area contributed by atoms with Gasteiger partial charge in [-0.15, -0.1) is 0 Å². The van der Waals surface area contributed by atoms with E-state index in [0.717, 1.165) is 0 Å². The van der Waals surface area contributed by atoms with E-state index in [1.807, 2.05) is 0 Å². The molecule has 0 unspecified atom stereocenters. The molecule has 1 fully saturated rings. The van der Waals surface area contributed by atoms with Gasteiger partial charge in [0.2, 0.25) is 0 Å². The van der Waals surface area contributed by atoms with Crippen LogP contribution in [-0.2, 0) is 4.74 Å². The van der Waals surface area contributed by atoms with Crippen molar-refractivity contribution in [3.05, 3.63) is 33.9 Å². The zero-order valence-corrected chi connectivity index (χ0v) is 12.0. The van der Waals surface area contributed by atoms with Crippen LogP contribution in [0.15, 0.2) is 18.2 Å². The molecule has 0 radical (unpaired) electrons. The number of hydrogen-bond acceptors (Lipinski definition) is 6. The summed E-state index contributed by atoms with van der Waals surface area (Å²) in [6.45, 7) is 0.600. The monoisotopic (exact) mass is 294 g/mol. The van der Waals surface area contributed by atoms with Gasteiger partial charge in [0.05, 0.1) is 23.7 Å². The first-order valence-electron chi connectivity index (χ1n) is 6.68. The molecule has 0 saturated heterocycles. The van der Waals surface area contributed by atoms with Crippen molar-refractivity contribution in [3.63, 3.8) is 0 Å². The van der Waals surface area contributed by atoms with Crippen LogP contribution in [0.2, 0.25) is 0 Å². The van der Waals surface area contributed by atoms with Crippen molar-refractivity contribution in [1.29, 1.82) is 0 Å². The third kappa shape index (κ3) is 3.30. The molecule has 7 nitrogen and oxygen atoms in total. The molecule has 0 atom stereocenters. The minimum atomic E-state index is -0.529. The molecule has 0 amide bonds. The van der Waals surface area contributed by atoms with E-state index < -0.39 is 10.9 Å². The van der Waals surface area contributed by atoms with E-state index in [-0.39, 0.29) is 17.4 Å². The van der Waals surface area contributed by atoms with Crippen LogP contribution in [0.4, 0.5) is 11.4 Å². The van der Waals surface area contributed by atoms with Crippen LogP contribution in [0, 0.1) is 16.0 Å². The average molecular weight is 294 g/mol. The first-order chi connectivity index (χ1) is 9.92. The van der Waals surface area contributed by atoms with Gasteiger partial charge in [-0.1, -0.05) is 0 Å². The quantitative estimate of drug-likeness (QED) is 0.503. The summed E-state index contributed by atoms with van der Waals surface area (Å²) in [7, 11) is 3.01. The maximum absolute atomic E-state index is 11.6. The van der Waals surface area contributed by atoms with E-state index >= 15 is 0 Å². The zero-order valence-electron chi connectivity index (χ0n) is 12.0. The fourth-order valence-corrected chi connectivity index (χ4v) is 2.56. The van der Waals surface area contributed by atoms with Crippen molar-refractivity contribution >= 4 is 17.3 Å². The first kappa shape index (κ1) is 15.2. The van der Waals surface area contributed by atoms with Gasteiger partial charge >= 0.3 is 5.97 Å². The van der Waals surface area contributed by atoms with Gasteiger partial charge in [0.1, 0.15) is 5.69 Å². The molecular formula is C14H18N2O5. The van der Waals surface area contributed by atoms with Crippen LogP contribution in [-0.4, -0.2) is 42.8 Å². The molecule has 1 saturated carbocycles. The Hall–Kier alpha value is -2.15. The maximum Gasteiger partial charge on any atom is 0.337 e. The summed E-state index contributed by atoms with van der Waals surface area (Å²) in [5.41, 5.74) is 0.605. The molecule has 0 bridgehead atoms. The zero-order chi connectivity index (χ0) is 15.6. The van der Waals surface area contributed by atoms with Crippen molar-refractivity contribution in [2.75, 3.05) is 25.6 Å². The fraction of sp³-hybridized carbons (Fsp3) is 0.500. The predicted octanol–water partition coefficient (Wildman–Crippen LogP) is 1.59. The summed E-state index contributed by atoms with van der Waals surface area (Å²) < 4.78 is 4.64. The van der Waals surface area contributed by atoms with Crippen LogP contribution in [0.1, 0.15) is 23.2 Å². The number of hydrogen-bond donors (Lipinski definition) is 1. The lowest BCUT2D eigenvalue weighted by Gasteiger charge is -2.35. The average Bonchev–Trinajstić information content (AvgIpc) is 2.43. The Bertz CT molecular complexity index is 554. The van der Waals surface area contributed by atoms with Crippen molar-refractivity contribution in [2.24, 2.45) is 5.92 Å². The number of carbonyl (C=O) groups excluding carboxylic acids is 1. The topological polar surface area (TPSA) is 92.9 Å². The standard InChI is InChI=1S/C14H18N2O5/c1-15(8-9-5-11(17)6-9)13-7-10(14(18)21-2)3-4-12(13)16(19)20/h3-4,7,9,11,17H,5-6,8H2,1-2H3. The van der Waals surface area contributed by atoms with Crippen LogP contribution >= 0.6 is 0 Å². The van der Waals surface area contributed by atoms with Crippen LogP contribution in [0.25, 0.3) is 0 Å². The van der Waals surface area contributed by atoms with E-state index in [0.29, 0.717) is 31.0 Å². The number of nitro benzene ring substituents is 1. The molecule has 1 aliphatic carbocycles. The molecule has 1 aliphatic rings. The number of benzene rings is 1. The number of aliphatic hydroxyl groups is 1. The summed E-state index contributed by atoms with van der Waals surface area (Å²) in [6, 6.07) is 4.17. The summed E-state index contributed by atoms with van der Waals surface area (Å²) >= 11 is 0. The number of nitro groups is 1.